The number of aromatic nitrogens is 1. The molecule has 0 radical (unpaired) electrons. The molecule has 0 bridgehead atoms. The summed E-state index contributed by atoms with van der Waals surface area (Å²) in [4.78, 5) is 16.3. The van der Waals surface area contributed by atoms with E-state index in [2.05, 4.69) is 4.98 Å². The second-order valence-corrected chi connectivity index (χ2v) is 5.46. The van der Waals surface area contributed by atoms with Crippen molar-refractivity contribution in [3.05, 3.63) is 16.6 Å². The Kier molecular flexibility index (Phi) is 4.07. The Morgan fingerprint density at radius 3 is 3.00 bits per heavy atom. The maximum absolute atomic E-state index is 12.1. The highest BCUT2D eigenvalue weighted by molar-refractivity contribution is 7.09. The largest absolute Gasteiger partial charge is 0.327 e. The fourth-order valence-corrected chi connectivity index (χ4v) is 2.98. The highest BCUT2D eigenvalue weighted by Crippen LogP contribution is 2.24. The lowest BCUT2D eigenvalue weighted by Crippen LogP contribution is -2.35. The third-order valence-corrected chi connectivity index (χ3v) is 4.07. The Morgan fingerprint density at radius 1 is 1.44 bits per heavy atom. The number of hydrogen-bond donors (Lipinski definition) is 1. The van der Waals surface area contributed by atoms with E-state index < -0.39 is 0 Å². The van der Waals surface area contributed by atoms with Gasteiger partial charge in [-0.2, -0.15) is 0 Å². The van der Waals surface area contributed by atoms with E-state index in [0.717, 1.165) is 24.3 Å². The molecule has 2 unspecified atom stereocenters. The van der Waals surface area contributed by atoms with Crippen LogP contribution in [0.15, 0.2) is 11.6 Å². The maximum atomic E-state index is 12.1. The normalized spacial score (nSPS) is 26.3. The molecule has 1 aromatic heterocycles. The zero-order valence-electron chi connectivity index (χ0n) is 9.39. The average molecular weight is 238 g/mol. The van der Waals surface area contributed by atoms with Crippen LogP contribution in [-0.2, 0) is 11.2 Å². The van der Waals surface area contributed by atoms with Gasteiger partial charge in [0, 0.05) is 23.5 Å². The quantitative estimate of drug-likeness (QED) is 0.821. The highest BCUT2D eigenvalue weighted by Gasteiger charge is 2.27. The zero-order valence-corrected chi connectivity index (χ0v) is 10.2. The van der Waals surface area contributed by atoms with Crippen LogP contribution in [0.25, 0.3) is 0 Å². The van der Waals surface area contributed by atoms with E-state index in [9.17, 15) is 4.79 Å². The second kappa shape index (κ2) is 5.55. The topological polar surface area (TPSA) is 56.0 Å². The van der Waals surface area contributed by atoms with Crippen molar-refractivity contribution in [2.75, 3.05) is 0 Å². The summed E-state index contributed by atoms with van der Waals surface area (Å²) in [6, 6.07) is 0.0648. The number of thiazole rings is 1. The van der Waals surface area contributed by atoms with Gasteiger partial charge < -0.3 is 5.73 Å². The summed E-state index contributed by atoms with van der Waals surface area (Å²) in [6.45, 7) is 0. The van der Waals surface area contributed by atoms with Crippen molar-refractivity contribution in [2.45, 2.75) is 44.6 Å². The minimum absolute atomic E-state index is 0.0615. The summed E-state index contributed by atoms with van der Waals surface area (Å²) >= 11 is 1.55. The summed E-state index contributed by atoms with van der Waals surface area (Å²) in [7, 11) is 0. The van der Waals surface area contributed by atoms with Gasteiger partial charge in [-0.25, -0.2) is 4.98 Å². The molecule has 1 aliphatic carbocycles. The lowest BCUT2D eigenvalue weighted by atomic mass is 9.90. The molecule has 0 spiro atoms. The monoisotopic (exact) mass is 238 g/mol. The molecule has 2 N–H and O–H groups in total. The molecule has 16 heavy (non-hydrogen) atoms. The number of carbonyl (C=O) groups excluding carboxylic acids is 1. The first-order valence-electron chi connectivity index (χ1n) is 5.94. The van der Waals surface area contributed by atoms with Gasteiger partial charge in [-0.15, -0.1) is 11.3 Å². The van der Waals surface area contributed by atoms with Crippen molar-refractivity contribution < 1.29 is 4.79 Å². The van der Waals surface area contributed by atoms with Crippen LogP contribution in [0.2, 0.25) is 0 Å². The predicted molar refractivity (Wildman–Crippen MR) is 65.4 cm³/mol. The van der Waals surface area contributed by atoms with Crippen LogP contribution in [0, 0.1) is 5.92 Å². The lowest BCUT2D eigenvalue weighted by molar-refractivity contribution is -0.123. The first-order valence-corrected chi connectivity index (χ1v) is 6.82. The van der Waals surface area contributed by atoms with Gasteiger partial charge in [0.25, 0.3) is 0 Å². The molecular weight excluding hydrogens is 220 g/mol. The maximum Gasteiger partial charge on any atom is 0.144 e. The Labute approximate surface area is 100 Å². The van der Waals surface area contributed by atoms with Crippen molar-refractivity contribution in [2.24, 2.45) is 11.7 Å². The molecule has 0 aromatic carbocycles. The molecule has 88 valence electrons. The Hall–Kier alpha value is -0.740. The number of rotatable bonds is 3. The van der Waals surface area contributed by atoms with Gasteiger partial charge in [0.15, 0.2) is 0 Å². The van der Waals surface area contributed by atoms with Gasteiger partial charge in [0.1, 0.15) is 5.78 Å². The van der Waals surface area contributed by atoms with E-state index >= 15 is 0 Å². The Balaban J connectivity index is 1.97. The molecule has 1 heterocycles. The second-order valence-electron chi connectivity index (χ2n) is 4.48. The van der Waals surface area contributed by atoms with E-state index in [-0.39, 0.29) is 17.7 Å². The third-order valence-electron chi connectivity index (χ3n) is 3.29. The number of nitrogens with zero attached hydrogens (tertiary/aromatic N) is 1. The van der Waals surface area contributed by atoms with Crippen LogP contribution in [0.4, 0.5) is 0 Å². The molecule has 1 aromatic rings. The van der Waals surface area contributed by atoms with Crippen molar-refractivity contribution in [3.8, 4) is 0 Å². The average Bonchev–Trinajstić information content (AvgIpc) is 2.66. The summed E-state index contributed by atoms with van der Waals surface area (Å²) in [6.07, 6.45) is 7.70. The molecule has 0 aliphatic heterocycles. The minimum atomic E-state index is 0.0615. The van der Waals surface area contributed by atoms with Gasteiger partial charge in [-0.05, 0) is 12.8 Å². The van der Waals surface area contributed by atoms with Gasteiger partial charge >= 0.3 is 0 Å². The summed E-state index contributed by atoms with van der Waals surface area (Å²) in [5, 5.41) is 2.83. The van der Waals surface area contributed by atoms with Gasteiger partial charge in [-0.3, -0.25) is 4.79 Å². The smallest absolute Gasteiger partial charge is 0.144 e. The van der Waals surface area contributed by atoms with Crippen LogP contribution in [0.5, 0.6) is 0 Å². The number of nitrogens with two attached hydrogens (primary N) is 1. The molecule has 2 atom stereocenters. The number of Topliss-reactive ketones (excluding diaryl/α,β-unsaturated/α-hetero) is 1. The summed E-state index contributed by atoms with van der Waals surface area (Å²) in [5.41, 5.74) is 6.07. The van der Waals surface area contributed by atoms with Crippen LogP contribution in [-0.4, -0.2) is 16.8 Å². The highest BCUT2D eigenvalue weighted by atomic mass is 32.1. The van der Waals surface area contributed by atoms with Crippen molar-refractivity contribution >= 4 is 17.1 Å². The lowest BCUT2D eigenvalue weighted by Gasteiger charge is -2.19. The summed E-state index contributed by atoms with van der Waals surface area (Å²) in [5.74, 6) is 0.343. The third kappa shape index (κ3) is 2.89. The van der Waals surface area contributed by atoms with E-state index in [1.807, 2.05) is 5.38 Å². The van der Waals surface area contributed by atoms with Crippen molar-refractivity contribution in [1.82, 2.24) is 4.98 Å². The Bertz CT molecular complexity index is 337. The van der Waals surface area contributed by atoms with Gasteiger partial charge in [0.2, 0.25) is 0 Å². The number of ketones is 1. The van der Waals surface area contributed by atoms with Crippen LogP contribution in [0.1, 0.15) is 37.1 Å². The standard InChI is InChI=1S/C12H18N2OS/c13-10-5-3-1-2-4-9(10)11(15)8-12-14-6-7-16-12/h6-7,9-10H,1-5,8,13H2. The SMILES string of the molecule is NC1CCCCCC1C(=O)Cc1nccs1. The van der Waals surface area contributed by atoms with E-state index in [1.165, 1.54) is 12.8 Å². The molecule has 2 rings (SSSR count). The Morgan fingerprint density at radius 2 is 2.25 bits per heavy atom. The van der Waals surface area contributed by atoms with Crippen molar-refractivity contribution in [1.29, 1.82) is 0 Å². The molecule has 1 aliphatic rings. The zero-order chi connectivity index (χ0) is 11.4. The van der Waals surface area contributed by atoms with Crippen LogP contribution in [0.3, 0.4) is 0 Å². The van der Waals surface area contributed by atoms with E-state index in [1.54, 1.807) is 17.5 Å². The molecule has 1 fully saturated rings. The molecular formula is C12H18N2OS. The fourth-order valence-electron chi connectivity index (χ4n) is 2.36. The first-order chi connectivity index (χ1) is 7.77. The molecule has 0 amide bonds. The minimum Gasteiger partial charge on any atom is -0.327 e. The van der Waals surface area contributed by atoms with Crippen LogP contribution < -0.4 is 5.73 Å². The summed E-state index contributed by atoms with van der Waals surface area (Å²) < 4.78 is 0. The van der Waals surface area contributed by atoms with E-state index in [0.29, 0.717) is 6.42 Å². The molecule has 0 saturated heterocycles. The van der Waals surface area contributed by atoms with Gasteiger partial charge in [0.05, 0.1) is 11.4 Å². The number of carbonyl (C=O) groups is 1. The molecule has 4 heteroatoms. The number of hydrogen-bond acceptors (Lipinski definition) is 4. The fraction of sp³-hybridized carbons (Fsp3) is 0.667. The van der Waals surface area contributed by atoms with E-state index in [4.69, 9.17) is 5.73 Å². The predicted octanol–water partition coefficient (Wildman–Crippen LogP) is 2.16. The molecule has 3 nitrogen and oxygen atoms in total. The molecule has 1 saturated carbocycles. The van der Waals surface area contributed by atoms with Crippen molar-refractivity contribution in [3.63, 3.8) is 0 Å². The van der Waals surface area contributed by atoms with Gasteiger partial charge in [-0.1, -0.05) is 19.3 Å². The van der Waals surface area contributed by atoms with Crippen LogP contribution >= 0.6 is 11.3 Å². The first kappa shape index (κ1) is 11.7.